The molecule has 0 radical (unpaired) electrons. The normalized spacial score (nSPS) is 10.4. The lowest BCUT2D eigenvalue weighted by Crippen LogP contribution is -2.05. The topological polar surface area (TPSA) is 49.8 Å². The molecule has 0 amide bonds. The van der Waals surface area contributed by atoms with Crippen LogP contribution in [-0.2, 0) is 0 Å². The molecule has 2 N–H and O–H groups in total. The van der Waals surface area contributed by atoms with Gasteiger partial charge in [-0.1, -0.05) is 19.1 Å². The molecule has 0 fully saturated rings. The van der Waals surface area contributed by atoms with E-state index in [9.17, 15) is 0 Å². The molecule has 2 rings (SSSR count). The van der Waals surface area contributed by atoms with Crippen LogP contribution in [0.25, 0.3) is 0 Å². The Morgan fingerprint density at radius 2 is 1.90 bits per heavy atom. The van der Waals surface area contributed by atoms with Crippen LogP contribution in [0, 0.1) is 13.8 Å². The molecule has 0 aliphatic heterocycles. The zero-order valence-electron chi connectivity index (χ0n) is 12.0. The van der Waals surface area contributed by atoms with Gasteiger partial charge in [-0.15, -0.1) is 0 Å². The Hall–Kier alpha value is -1.62. The molecule has 0 bridgehead atoms. The largest absolute Gasteiger partial charge is 0.369 e. The number of rotatable bonds is 5. The molecule has 0 atom stereocenters. The van der Waals surface area contributed by atoms with Crippen LogP contribution >= 0.6 is 15.9 Å². The minimum atomic E-state index is 0.771. The fourth-order valence-corrected chi connectivity index (χ4v) is 2.27. The van der Waals surface area contributed by atoms with E-state index in [2.05, 4.69) is 75.5 Å². The van der Waals surface area contributed by atoms with Gasteiger partial charge in [0, 0.05) is 12.2 Å². The Labute approximate surface area is 128 Å². The molecule has 2 aromatic rings. The summed E-state index contributed by atoms with van der Waals surface area (Å²) in [6.07, 6.45) is 2.62. The SMILES string of the molecule is CCCNc1ncnc(Nc2cc(C)ccc2C)c1Br. The molecule has 1 aromatic heterocycles. The Morgan fingerprint density at radius 1 is 1.15 bits per heavy atom. The van der Waals surface area contributed by atoms with Gasteiger partial charge >= 0.3 is 0 Å². The van der Waals surface area contributed by atoms with Gasteiger partial charge in [0.25, 0.3) is 0 Å². The first-order chi connectivity index (χ1) is 9.61. The van der Waals surface area contributed by atoms with Crippen molar-refractivity contribution in [2.24, 2.45) is 0 Å². The van der Waals surface area contributed by atoms with E-state index in [1.807, 2.05) is 0 Å². The maximum Gasteiger partial charge on any atom is 0.150 e. The molecule has 0 spiro atoms. The van der Waals surface area contributed by atoms with Crippen LogP contribution in [0.15, 0.2) is 29.0 Å². The lowest BCUT2D eigenvalue weighted by Gasteiger charge is -2.13. The molecule has 4 nitrogen and oxygen atoms in total. The maximum absolute atomic E-state index is 4.30. The van der Waals surface area contributed by atoms with Crippen molar-refractivity contribution >= 4 is 33.3 Å². The Balaban J connectivity index is 2.27. The van der Waals surface area contributed by atoms with E-state index >= 15 is 0 Å². The number of anilines is 3. The van der Waals surface area contributed by atoms with E-state index < -0.39 is 0 Å². The number of nitrogens with one attached hydrogen (secondary N) is 2. The molecule has 1 aromatic carbocycles. The minimum Gasteiger partial charge on any atom is -0.369 e. The van der Waals surface area contributed by atoms with E-state index in [1.165, 1.54) is 11.1 Å². The quantitative estimate of drug-likeness (QED) is 0.849. The summed E-state index contributed by atoms with van der Waals surface area (Å²) in [6, 6.07) is 6.32. The average Bonchev–Trinajstić information content (AvgIpc) is 2.44. The molecular formula is C15H19BrN4. The second-order valence-electron chi connectivity index (χ2n) is 4.76. The maximum atomic E-state index is 4.30. The monoisotopic (exact) mass is 334 g/mol. The van der Waals surface area contributed by atoms with Gasteiger partial charge in [0.15, 0.2) is 0 Å². The molecule has 0 unspecified atom stereocenters. The predicted molar refractivity (Wildman–Crippen MR) is 87.7 cm³/mol. The Bertz CT molecular complexity index is 598. The second kappa shape index (κ2) is 6.70. The van der Waals surface area contributed by atoms with Crippen molar-refractivity contribution in [2.45, 2.75) is 27.2 Å². The van der Waals surface area contributed by atoms with Gasteiger partial charge < -0.3 is 10.6 Å². The summed E-state index contributed by atoms with van der Waals surface area (Å²) in [5.74, 6) is 1.59. The second-order valence-corrected chi connectivity index (χ2v) is 5.55. The molecule has 0 saturated heterocycles. The van der Waals surface area contributed by atoms with Crippen molar-refractivity contribution in [1.82, 2.24) is 9.97 Å². The highest BCUT2D eigenvalue weighted by molar-refractivity contribution is 9.10. The average molecular weight is 335 g/mol. The first-order valence-electron chi connectivity index (χ1n) is 6.70. The summed E-state index contributed by atoms with van der Waals surface area (Å²) in [5.41, 5.74) is 3.46. The van der Waals surface area contributed by atoms with Crippen molar-refractivity contribution in [2.75, 3.05) is 17.2 Å². The van der Waals surface area contributed by atoms with Crippen molar-refractivity contribution in [3.05, 3.63) is 40.1 Å². The molecule has 20 heavy (non-hydrogen) atoms. The molecule has 0 aliphatic carbocycles. The van der Waals surface area contributed by atoms with Crippen LogP contribution < -0.4 is 10.6 Å². The number of halogens is 1. The zero-order valence-corrected chi connectivity index (χ0v) is 13.6. The smallest absolute Gasteiger partial charge is 0.150 e. The summed E-state index contributed by atoms with van der Waals surface area (Å²) in [7, 11) is 0. The third-order valence-electron chi connectivity index (χ3n) is 2.98. The number of hydrogen-bond acceptors (Lipinski definition) is 4. The van der Waals surface area contributed by atoms with Crippen LogP contribution in [-0.4, -0.2) is 16.5 Å². The van der Waals surface area contributed by atoms with E-state index in [0.29, 0.717) is 0 Å². The van der Waals surface area contributed by atoms with Gasteiger partial charge in [0.1, 0.15) is 22.4 Å². The fraction of sp³-hybridized carbons (Fsp3) is 0.333. The molecule has 106 valence electrons. The van der Waals surface area contributed by atoms with Crippen LogP contribution in [0.5, 0.6) is 0 Å². The van der Waals surface area contributed by atoms with Gasteiger partial charge in [0.05, 0.1) is 0 Å². The summed E-state index contributed by atoms with van der Waals surface area (Å²) in [4.78, 5) is 8.55. The first-order valence-corrected chi connectivity index (χ1v) is 7.49. The highest BCUT2D eigenvalue weighted by atomic mass is 79.9. The third kappa shape index (κ3) is 3.48. The Kier molecular flexibility index (Phi) is 4.95. The molecule has 0 saturated carbocycles. The van der Waals surface area contributed by atoms with Crippen LogP contribution in [0.1, 0.15) is 24.5 Å². The minimum absolute atomic E-state index is 0.771. The van der Waals surface area contributed by atoms with Crippen LogP contribution in [0.3, 0.4) is 0 Å². The van der Waals surface area contributed by atoms with Crippen molar-refractivity contribution in [3.63, 3.8) is 0 Å². The van der Waals surface area contributed by atoms with Gasteiger partial charge in [-0.05, 0) is 53.4 Å². The summed E-state index contributed by atoms with van der Waals surface area (Å²) in [5, 5.41) is 6.64. The number of hydrogen-bond donors (Lipinski definition) is 2. The zero-order chi connectivity index (χ0) is 14.5. The number of nitrogens with zero attached hydrogens (tertiary/aromatic N) is 2. The van der Waals surface area contributed by atoms with Gasteiger partial charge in [-0.3, -0.25) is 0 Å². The molecular weight excluding hydrogens is 316 g/mol. The Morgan fingerprint density at radius 3 is 2.65 bits per heavy atom. The van der Waals surface area contributed by atoms with Crippen molar-refractivity contribution in [3.8, 4) is 0 Å². The van der Waals surface area contributed by atoms with Gasteiger partial charge in [-0.2, -0.15) is 0 Å². The summed E-state index contributed by atoms with van der Waals surface area (Å²) in [6.45, 7) is 7.16. The van der Waals surface area contributed by atoms with Crippen LogP contribution in [0.4, 0.5) is 17.3 Å². The van der Waals surface area contributed by atoms with E-state index in [0.717, 1.165) is 34.8 Å². The third-order valence-corrected chi connectivity index (χ3v) is 3.73. The van der Waals surface area contributed by atoms with E-state index in [1.54, 1.807) is 6.33 Å². The van der Waals surface area contributed by atoms with E-state index in [-0.39, 0.29) is 0 Å². The number of aromatic nitrogens is 2. The number of aryl methyl sites for hydroxylation is 2. The first kappa shape index (κ1) is 14.8. The van der Waals surface area contributed by atoms with Crippen molar-refractivity contribution < 1.29 is 0 Å². The highest BCUT2D eigenvalue weighted by Crippen LogP contribution is 2.30. The predicted octanol–water partition coefficient (Wildman–Crippen LogP) is 4.42. The summed E-state index contributed by atoms with van der Waals surface area (Å²) < 4.78 is 0.856. The molecule has 0 aliphatic rings. The number of benzene rings is 1. The standard InChI is InChI=1S/C15H19BrN4/c1-4-7-17-14-13(16)15(19-9-18-14)20-12-8-10(2)5-6-11(12)3/h5-6,8-9H,4,7H2,1-3H3,(H2,17,18,19,20). The van der Waals surface area contributed by atoms with Gasteiger partial charge in [-0.25, -0.2) is 9.97 Å². The van der Waals surface area contributed by atoms with Crippen molar-refractivity contribution in [1.29, 1.82) is 0 Å². The van der Waals surface area contributed by atoms with Gasteiger partial charge in [0.2, 0.25) is 0 Å². The molecule has 5 heteroatoms. The summed E-state index contributed by atoms with van der Waals surface area (Å²) >= 11 is 3.56. The lowest BCUT2D eigenvalue weighted by molar-refractivity contribution is 0.962. The van der Waals surface area contributed by atoms with E-state index in [4.69, 9.17) is 0 Å². The highest BCUT2D eigenvalue weighted by Gasteiger charge is 2.09. The molecule has 1 heterocycles. The fourth-order valence-electron chi connectivity index (χ4n) is 1.82. The lowest BCUT2D eigenvalue weighted by atomic mass is 10.1. The van der Waals surface area contributed by atoms with Crippen LogP contribution in [0.2, 0.25) is 0 Å².